The number of aromatic nitrogens is 3. The van der Waals surface area contributed by atoms with E-state index in [1.165, 1.54) is 17.4 Å². The molecule has 1 saturated heterocycles. The molecule has 4 amide bonds. The maximum absolute atomic E-state index is 14.3. The van der Waals surface area contributed by atoms with Gasteiger partial charge in [0.1, 0.15) is 42.5 Å². The number of sulfonamides is 1. The van der Waals surface area contributed by atoms with E-state index in [4.69, 9.17) is 9.57 Å². The largest absolute Gasteiger partial charge is 0.446 e. The molecule has 0 radical (unpaired) electrons. The van der Waals surface area contributed by atoms with E-state index >= 15 is 0 Å². The molecule has 5 aliphatic rings. The van der Waals surface area contributed by atoms with Gasteiger partial charge in [-0.1, -0.05) is 48.3 Å². The van der Waals surface area contributed by atoms with E-state index < -0.39 is 68.7 Å². The van der Waals surface area contributed by atoms with Crippen molar-refractivity contribution in [3.63, 3.8) is 0 Å². The number of benzene rings is 1. The van der Waals surface area contributed by atoms with Crippen LogP contribution in [-0.4, -0.2) is 99.7 Å². The molecule has 3 heterocycles. The zero-order chi connectivity index (χ0) is 36.3. The maximum atomic E-state index is 14.3. The van der Waals surface area contributed by atoms with Gasteiger partial charge in [0.15, 0.2) is 0 Å². The first-order valence-electron chi connectivity index (χ1n) is 18.1. The van der Waals surface area contributed by atoms with Gasteiger partial charge in [0.05, 0.1) is 23.7 Å². The number of oxime groups is 1. The van der Waals surface area contributed by atoms with E-state index in [2.05, 4.69) is 30.6 Å². The highest BCUT2D eigenvalue weighted by Crippen LogP contribution is 2.46. The van der Waals surface area contributed by atoms with Crippen LogP contribution in [0.2, 0.25) is 0 Å². The summed E-state index contributed by atoms with van der Waals surface area (Å²) in [6.45, 7) is -0.0204. The molecule has 1 unspecified atom stereocenters. The number of ether oxygens (including phenoxy) is 1. The Morgan fingerprint density at radius 1 is 1.04 bits per heavy atom. The Labute approximate surface area is 301 Å². The highest BCUT2D eigenvalue weighted by molar-refractivity contribution is 7.91. The van der Waals surface area contributed by atoms with Gasteiger partial charge in [0, 0.05) is 17.9 Å². The first-order chi connectivity index (χ1) is 25.1. The van der Waals surface area contributed by atoms with Gasteiger partial charge in [-0.15, -0.1) is 0 Å². The lowest BCUT2D eigenvalue weighted by molar-refractivity contribution is -0.141. The van der Waals surface area contributed by atoms with Crippen LogP contribution in [0.4, 0.5) is 4.79 Å². The molecular formula is C35H44N8O8S. The molecule has 1 aromatic carbocycles. The summed E-state index contributed by atoms with van der Waals surface area (Å²) in [5.41, 5.74) is -0.0913. The number of fused-ring (bicyclic) bond motifs is 2. The van der Waals surface area contributed by atoms with E-state index in [1.807, 2.05) is 36.4 Å². The number of para-hydroxylation sites is 1. The van der Waals surface area contributed by atoms with Crippen molar-refractivity contribution >= 4 is 40.1 Å². The second kappa shape index (κ2) is 15.0. The summed E-state index contributed by atoms with van der Waals surface area (Å²) in [5, 5.41) is 13.4. The minimum atomic E-state index is -3.88. The minimum Gasteiger partial charge on any atom is -0.446 e. The van der Waals surface area contributed by atoms with Crippen LogP contribution in [-0.2, 0) is 34.0 Å². The molecule has 52 heavy (non-hydrogen) atoms. The quantitative estimate of drug-likeness (QED) is 0.195. The Morgan fingerprint density at radius 2 is 1.87 bits per heavy atom. The van der Waals surface area contributed by atoms with Crippen LogP contribution >= 0.6 is 0 Å². The van der Waals surface area contributed by atoms with Gasteiger partial charge in [-0.05, 0) is 63.9 Å². The summed E-state index contributed by atoms with van der Waals surface area (Å²) in [6, 6.07) is 5.30. The lowest BCUT2D eigenvalue weighted by atomic mass is 9.96. The number of carbonyl (C=O) groups is 4. The second-order valence-corrected chi connectivity index (χ2v) is 16.2. The summed E-state index contributed by atoms with van der Waals surface area (Å²) < 4.78 is 34.8. The predicted octanol–water partition coefficient (Wildman–Crippen LogP) is 2.24. The van der Waals surface area contributed by atoms with Crippen LogP contribution in [0.1, 0.15) is 82.6 Å². The van der Waals surface area contributed by atoms with Crippen molar-refractivity contribution in [2.75, 3.05) is 6.54 Å². The third-order valence-corrected chi connectivity index (χ3v) is 12.3. The zero-order valence-corrected chi connectivity index (χ0v) is 29.6. The molecule has 2 aromatic rings. The summed E-state index contributed by atoms with van der Waals surface area (Å²) in [5.74, 6) is -2.31. The standard InChI is InChI=1S/C35H44N8O8S/c44-31-30-17-26(51-38-19-23-9-6-7-14-29(23)43-22-36-21-37-43)20-42(30)32(45)28(39-34(47)50-25-11-8-12-25)13-5-3-1-2-4-10-24-18-35(24,40-31)33(46)41-52(48,49)27-15-16-27/h4,6-7,9-10,14,19,21-22,24-28,30H,1-3,5,8,11-13,15-18,20H2,(H,39,47)(H,40,44)(H,41,46)/b10-4-,38-19+/t24?,26-,28+,30+,35-/m1/s1. The van der Waals surface area contributed by atoms with E-state index in [9.17, 15) is 27.6 Å². The monoisotopic (exact) mass is 736 g/mol. The van der Waals surface area contributed by atoms with Gasteiger partial charge in [-0.3, -0.25) is 19.1 Å². The molecule has 0 bridgehead atoms. The first kappa shape index (κ1) is 35.6. The van der Waals surface area contributed by atoms with Crippen LogP contribution in [0.3, 0.4) is 0 Å². The van der Waals surface area contributed by atoms with Crippen LogP contribution in [0.15, 0.2) is 54.2 Å². The summed E-state index contributed by atoms with van der Waals surface area (Å²) in [4.78, 5) is 66.2. The Bertz CT molecular complexity index is 1830. The van der Waals surface area contributed by atoms with Gasteiger partial charge < -0.3 is 25.1 Å². The van der Waals surface area contributed by atoms with Crippen molar-refractivity contribution in [1.82, 2.24) is 35.0 Å². The Morgan fingerprint density at radius 3 is 2.62 bits per heavy atom. The third kappa shape index (κ3) is 7.98. The topological polar surface area (TPSA) is 203 Å². The predicted molar refractivity (Wildman–Crippen MR) is 186 cm³/mol. The smallest absolute Gasteiger partial charge is 0.408 e. The van der Waals surface area contributed by atoms with E-state index in [1.54, 1.807) is 11.0 Å². The van der Waals surface area contributed by atoms with Crippen LogP contribution in [0, 0.1) is 5.92 Å². The number of allylic oxidation sites excluding steroid dienone is 1. The average Bonchev–Trinajstić information content (AvgIpc) is 3.97. The molecule has 16 nitrogen and oxygen atoms in total. The van der Waals surface area contributed by atoms with E-state index in [0.717, 1.165) is 32.1 Å². The Kier molecular flexibility index (Phi) is 10.3. The number of hydrogen-bond acceptors (Lipinski definition) is 11. The number of amides is 4. The van der Waals surface area contributed by atoms with E-state index in [0.29, 0.717) is 43.4 Å². The highest BCUT2D eigenvalue weighted by Gasteiger charge is 2.62. The molecule has 3 saturated carbocycles. The molecule has 278 valence electrons. The molecule has 4 fully saturated rings. The van der Waals surface area contributed by atoms with Crippen molar-refractivity contribution in [2.24, 2.45) is 11.1 Å². The van der Waals surface area contributed by atoms with Gasteiger partial charge in [-0.25, -0.2) is 22.9 Å². The summed E-state index contributed by atoms with van der Waals surface area (Å²) in [7, 11) is -3.88. The number of nitrogens with one attached hydrogen (secondary N) is 3. The number of hydrogen-bond donors (Lipinski definition) is 3. The SMILES string of the molecule is O=C(N[C@H]1CCCCC/C=C\C2C[C@@]2(C(=O)NS(=O)(=O)C2CC2)NC(=O)[C@@H]2C[C@@H](O/N=C/c3ccccc3-n3cncn3)CN2C1=O)OC1CCC1. The lowest BCUT2D eigenvalue weighted by Crippen LogP contribution is -2.58. The fourth-order valence-electron chi connectivity index (χ4n) is 6.97. The second-order valence-electron chi connectivity index (χ2n) is 14.3. The Balaban J connectivity index is 1.13. The normalized spacial score (nSPS) is 29.0. The summed E-state index contributed by atoms with van der Waals surface area (Å²) >= 11 is 0. The fourth-order valence-corrected chi connectivity index (χ4v) is 8.33. The van der Waals surface area contributed by atoms with Gasteiger partial charge in [0.2, 0.25) is 21.8 Å². The van der Waals surface area contributed by atoms with E-state index in [-0.39, 0.29) is 25.5 Å². The van der Waals surface area contributed by atoms with Crippen molar-refractivity contribution in [1.29, 1.82) is 0 Å². The molecule has 0 spiro atoms. The Hall–Kier alpha value is -4.80. The van der Waals surface area contributed by atoms with Crippen LogP contribution < -0.4 is 15.4 Å². The van der Waals surface area contributed by atoms with Crippen molar-refractivity contribution < 1.29 is 37.2 Å². The number of nitrogens with zero attached hydrogens (tertiary/aromatic N) is 5. The molecule has 3 N–H and O–H groups in total. The average molecular weight is 737 g/mol. The van der Waals surface area contributed by atoms with Gasteiger partial charge in [0.25, 0.3) is 5.91 Å². The first-order valence-corrected chi connectivity index (χ1v) is 19.6. The maximum Gasteiger partial charge on any atom is 0.408 e. The fraction of sp³-hybridized carbons (Fsp3) is 0.571. The lowest BCUT2D eigenvalue weighted by Gasteiger charge is -2.30. The molecule has 1 aromatic heterocycles. The zero-order valence-electron chi connectivity index (χ0n) is 28.8. The molecule has 5 atom stereocenters. The highest BCUT2D eigenvalue weighted by atomic mass is 32.2. The van der Waals surface area contributed by atoms with Crippen molar-refractivity contribution in [3.8, 4) is 5.69 Å². The van der Waals surface area contributed by atoms with Gasteiger partial charge >= 0.3 is 6.09 Å². The van der Waals surface area contributed by atoms with Gasteiger partial charge in [-0.2, -0.15) is 5.10 Å². The van der Waals surface area contributed by atoms with Crippen molar-refractivity contribution in [3.05, 3.63) is 54.6 Å². The third-order valence-electron chi connectivity index (χ3n) is 10.5. The van der Waals surface area contributed by atoms with Crippen LogP contribution in [0.5, 0.6) is 0 Å². The summed E-state index contributed by atoms with van der Waals surface area (Å²) in [6.07, 6.45) is 13.7. The number of rotatable bonds is 9. The number of alkyl carbamates (subject to hydrolysis) is 1. The minimum absolute atomic E-state index is 0.0204. The van der Waals surface area contributed by atoms with Crippen molar-refractivity contribution in [2.45, 2.75) is 112 Å². The number of carbonyl (C=O) groups excluding carboxylic acids is 4. The molecule has 7 rings (SSSR count). The molecule has 3 aliphatic carbocycles. The molecule has 17 heteroatoms. The molecular weight excluding hydrogens is 692 g/mol. The molecule has 2 aliphatic heterocycles. The van der Waals surface area contributed by atoms with Crippen LogP contribution in [0.25, 0.3) is 5.69 Å².